The minimum absolute atomic E-state index is 0.00623. The number of rotatable bonds is 8. The summed E-state index contributed by atoms with van der Waals surface area (Å²) in [7, 11) is 6.32. The Morgan fingerprint density at radius 1 is 0.806 bits per heavy atom. The maximum Gasteiger partial charge on any atom is 0.309 e. The lowest BCUT2D eigenvalue weighted by atomic mass is 9.85. The smallest absolute Gasteiger partial charge is 0.309 e. The molecule has 2 aromatic carbocycles. The molecule has 0 bridgehead atoms. The Bertz CT molecular complexity index is 945. The largest absolute Gasteiger partial charge is 0.493 e. The minimum Gasteiger partial charge on any atom is -0.493 e. The summed E-state index contributed by atoms with van der Waals surface area (Å²) >= 11 is 0. The molecule has 31 heavy (non-hydrogen) atoms. The molecule has 8 heteroatoms. The molecule has 0 radical (unpaired) electrons. The molecule has 0 saturated carbocycles. The Morgan fingerprint density at radius 2 is 1.45 bits per heavy atom. The van der Waals surface area contributed by atoms with Crippen molar-refractivity contribution in [1.29, 1.82) is 0 Å². The summed E-state index contributed by atoms with van der Waals surface area (Å²) in [5, 5.41) is 0. The van der Waals surface area contributed by atoms with Gasteiger partial charge in [0.25, 0.3) is 0 Å². The lowest BCUT2D eigenvalue weighted by molar-refractivity contribution is -0.141. The number of ether oxygens (including phenoxy) is 7. The zero-order chi connectivity index (χ0) is 22.0. The first-order chi connectivity index (χ1) is 15.1. The molecule has 4 rings (SSSR count). The van der Waals surface area contributed by atoms with Crippen LogP contribution in [0.15, 0.2) is 24.3 Å². The fraction of sp³-hybridized carbons (Fsp3) is 0.435. The van der Waals surface area contributed by atoms with E-state index in [1.165, 1.54) is 0 Å². The standard InChI is InChI=1S/C23H26O8/c1-25-17-7-13(8-18(26-2)21(17)28-4)5-15-11-29-23(24)16(15)6-14-9-19(27-3)22-20(10-14)30-12-31-22/h7-10,15-16H,5-6,11-12H2,1-4H3/t15-,16+/m1/s1. The topological polar surface area (TPSA) is 81.7 Å². The van der Waals surface area contributed by atoms with Crippen LogP contribution in [-0.2, 0) is 22.4 Å². The fourth-order valence-electron chi connectivity index (χ4n) is 4.17. The fourth-order valence-corrected chi connectivity index (χ4v) is 4.17. The van der Waals surface area contributed by atoms with E-state index in [0.29, 0.717) is 53.9 Å². The van der Waals surface area contributed by atoms with Gasteiger partial charge < -0.3 is 33.2 Å². The van der Waals surface area contributed by atoms with Crippen LogP contribution in [0.2, 0.25) is 0 Å². The molecule has 0 N–H and O–H groups in total. The van der Waals surface area contributed by atoms with Gasteiger partial charge in [0, 0.05) is 5.92 Å². The van der Waals surface area contributed by atoms with Crippen LogP contribution in [0, 0.1) is 11.8 Å². The van der Waals surface area contributed by atoms with Crippen LogP contribution in [0.1, 0.15) is 11.1 Å². The molecule has 2 aliphatic rings. The lowest BCUT2D eigenvalue weighted by Crippen LogP contribution is -2.20. The second-order valence-corrected chi connectivity index (χ2v) is 7.47. The van der Waals surface area contributed by atoms with Crippen molar-refractivity contribution in [2.24, 2.45) is 11.8 Å². The Balaban J connectivity index is 1.57. The number of cyclic esters (lactones) is 1. The molecule has 0 unspecified atom stereocenters. The molecule has 0 spiro atoms. The molecule has 166 valence electrons. The van der Waals surface area contributed by atoms with Gasteiger partial charge in [0.05, 0.1) is 41.0 Å². The Labute approximate surface area is 180 Å². The third-order valence-corrected chi connectivity index (χ3v) is 5.71. The van der Waals surface area contributed by atoms with E-state index < -0.39 is 0 Å². The summed E-state index contributed by atoms with van der Waals surface area (Å²) in [4.78, 5) is 12.5. The predicted octanol–water partition coefficient (Wildman–Crippen LogP) is 3.02. The zero-order valence-corrected chi connectivity index (χ0v) is 18.1. The molecular formula is C23H26O8. The van der Waals surface area contributed by atoms with Crippen LogP contribution in [0.3, 0.4) is 0 Å². The van der Waals surface area contributed by atoms with Crippen LogP contribution in [0.25, 0.3) is 0 Å². The van der Waals surface area contributed by atoms with E-state index in [0.717, 1.165) is 11.1 Å². The molecule has 1 saturated heterocycles. The van der Waals surface area contributed by atoms with Crippen molar-refractivity contribution in [2.45, 2.75) is 12.8 Å². The number of esters is 1. The molecule has 2 atom stereocenters. The normalized spacial score (nSPS) is 19.2. The zero-order valence-electron chi connectivity index (χ0n) is 18.1. The van der Waals surface area contributed by atoms with E-state index in [2.05, 4.69) is 0 Å². The van der Waals surface area contributed by atoms with Gasteiger partial charge in [-0.05, 0) is 48.2 Å². The van der Waals surface area contributed by atoms with Gasteiger partial charge in [0.2, 0.25) is 18.3 Å². The Hall–Kier alpha value is -3.29. The van der Waals surface area contributed by atoms with Gasteiger partial charge in [0.1, 0.15) is 0 Å². The van der Waals surface area contributed by atoms with Crippen molar-refractivity contribution < 1.29 is 38.0 Å². The summed E-state index contributed by atoms with van der Waals surface area (Å²) in [6.07, 6.45) is 1.15. The molecular weight excluding hydrogens is 404 g/mol. The number of hydrogen-bond donors (Lipinski definition) is 0. The number of methoxy groups -OCH3 is 4. The van der Waals surface area contributed by atoms with Crippen LogP contribution in [0.5, 0.6) is 34.5 Å². The number of carbonyl (C=O) groups excluding carboxylic acids is 1. The van der Waals surface area contributed by atoms with Gasteiger partial charge in [-0.2, -0.15) is 0 Å². The highest BCUT2D eigenvalue weighted by Crippen LogP contribution is 2.43. The summed E-state index contributed by atoms with van der Waals surface area (Å²) < 4.78 is 38.1. The van der Waals surface area contributed by atoms with Crippen LogP contribution in [0.4, 0.5) is 0 Å². The van der Waals surface area contributed by atoms with Crippen molar-refractivity contribution in [1.82, 2.24) is 0 Å². The predicted molar refractivity (Wildman–Crippen MR) is 111 cm³/mol. The van der Waals surface area contributed by atoms with E-state index in [4.69, 9.17) is 33.2 Å². The number of carbonyl (C=O) groups is 1. The van der Waals surface area contributed by atoms with Gasteiger partial charge in [-0.1, -0.05) is 0 Å². The molecule has 8 nitrogen and oxygen atoms in total. The van der Waals surface area contributed by atoms with Gasteiger partial charge in [0.15, 0.2) is 23.0 Å². The monoisotopic (exact) mass is 430 g/mol. The van der Waals surface area contributed by atoms with E-state index in [1.54, 1.807) is 28.4 Å². The quantitative estimate of drug-likeness (QED) is 0.591. The second kappa shape index (κ2) is 8.83. The first-order valence-corrected chi connectivity index (χ1v) is 10.00. The van der Waals surface area contributed by atoms with Gasteiger partial charge in [-0.25, -0.2) is 0 Å². The summed E-state index contributed by atoms with van der Waals surface area (Å²) in [5.41, 5.74) is 1.91. The summed E-state index contributed by atoms with van der Waals surface area (Å²) in [6.45, 7) is 0.520. The molecule has 0 aromatic heterocycles. The van der Waals surface area contributed by atoms with Crippen LogP contribution >= 0.6 is 0 Å². The molecule has 0 aliphatic carbocycles. The summed E-state index contributed by atoms with van der Waals surface area (Å²) in [6, 6.07) is 7.60. The summed E-state index contributed by atoms with van der Waals surface area (Å²) in [5.74, 6) is 3.04. The van der Waals surface area contributed by atoms with E-state index in [9.17, 15) is 4.79 Å². The van der Waals surface area contributed by atoms with Crippen LogP contribution < -0.4 is 28.4 Å². The first-order valence-electron chi connectivity index (χ1n) is 10.00. The molecule has 0 amide bonds. The average Bonchev–Trinajstić information content (AvgIpc) is 3.39. The van der Waals surface area contributed by atoms with Crippen molar-refractivity contribution in [3.8, 4) is 34.5 Å². The molecule has 1 fully saturated rings. The van der Waals surface area contributed by atoms with Gasteiger partial charge in [-0.3, -0.25) is 4.79 Å². The second-order valence-electron chi connectivity index (χ2n) is 7.47. The van der Waals surface area contributed by atoms with Gasteiger partial charge >= 0.3 is 5.97 Å². The third-order valence-electron chi connectivity index (χ3n) is 5.71. The Morgan fingerprint density at radius 3 is 2.10 bits per heavy atom. The number of hydrogen-bond acceptors (Lipinski definition) is 8. The van der Waals surface area contributed by atoms with Crippen LogP contribution in [-0.4, -0.2) is 47.8 Å². The highest BCUT2D eigenvalue weighted by Gasteiger charge is 2.37. The van der Waals surface area contributed by atoms with Crippen molar-refractivity contribution in [3.63, 3.8) is 0 Å². The SMILES string of the molecule is COc1cc(C[C@@H]2COC(=O)[C@H]2Cc2cc(OC)c3c(c2)OCO3)cc(OC)c1OC. The third kappa shape index (κ3) is 4.02. The highest BCUT2D eigenvalue weighted by molar-refractivity contribution is 5.75. The average molecular weight is 430 g/mol. The van der Waals surface area contributed by atoms with E-state index >= 15 is 0 Å². The van der Waals surface area contributed by atoms with Crippen molar-refractivity contribution >= 4 is 5.97 Å². The minimum atomic E-state index is -0.288. The first kappa shape index (κ1) is 21.0. The number of fused-ring (bicyclic) bond motifs is 1. The molecule has 2 aromatic rings. The van der Waals surface area contributed by atoms with E-state index in [1.807, 2.05) is 24.3 Å². The van der Waals surface area contributed by atoms with Crippen molar-refractivity contribution in [2.75, 3.05) is 41.8 Å². The molecule has 2 heterocycles. The van der Waals surface area contributed by atoms with Crippen molar-refractivity contribution in [3.05, 3.63) is 35.4 Å². The van der Waals surface area contributed by atoms with E-state index in [-0.39, 0.29) is 24.6 Å². The maximum absolute atomic E-state index is 12.5. The lowest BCUT2D eigenvalue weighted by Gasteiger charge is -2.18. The Kier molecular flexibility index (Phi) is 5.97. The van der Waals surface area contributed by atoms with Gasteiger partial charge in [-0.15, -0.1) is 0 Å². The maximum atomic E-state index is 12.5. The number of benzene rings is 2. The molecule has 2 aliphatic heterocycles. The highest BCUT2D eigenvalue weighted by atomic mass is 16.7.